The molecule has 3 nitrogen and oxygen atoms in total. The Morgan fingerprint density at radius 3 is 2.81 bits per heavy atom. The first-order valence-electron chi connectivity index (χ1n) is 7.00. The van der Waals surface area contributed by atoms with E-state index in [1.807, 2.05) is 38.1 Å². The number of hydrogen-bond donors (Lipinski definition) is 2. The Morgan fingerprint density at radius 1 is 1.24 bits per heavy atom. The molecule has 0 unspecified atom stereocenters. The first kappa shape index (κ1) is 14.0. The highest BCUT2D eigenvalue weighted by Gasteiger charge is 2.20. The van der Waals surface area contributed by atoms with Gasteiger partial charge in [-0.1, -0.05) is 29.8 Å². The van der Waals surface area contributed by atoms with Crippen LogP contribution in [0.5, 0.6) is 0 Å². The summed E-state index contributed by atoms with van der Waals surface area (Å²) in [5, 5.41) is 7.16. The maximum Gasteiger partial charge on any atom is 0.226 e. The Morgan fingerprint density at radius 2 is 2.05 bits per heavy atom. The molecule has 2 N–H and O–H groups in total. The van der Waals surface area contributed by atoms with E-state index in [9.17, 15) is 4.79 Å². The number of halogens is 1. The average Bonchev–Trinajstić information content (AvgIpc) is 2.58. The third kappa shape index (κ3) is 2.74. The van der Waals surface area contributed by atoms with Crippen molar-refractivity contribution < 1.29 is 4.79 Å². The molecule has 0 aliphatic carbocycles. The number of rotatable bonds is 1. The SMILES string of the molecule is Cc1cc(-c2cccc3c2N[C@H](C)CC(=O)N3)ccc1Cl. The third-order valence-corrected chi connectivity index (χ3v) is 4.11. The van der Waals surface area contributed by atoms with Crippen molar-refractivity contribution in [2.45, 2.75) is 26.3 Å². The van der Waals surface area contributed by atoms with Crippen LogP contribution in [-0.2, 0) is 4.79 Å². The second kappa shape index (κ2) is 5.41. The summed E-state index contributed by atoms with van der Waals surface area (Å²) in [6, 6.07) is 12.0. The van der Waals surface area contributed by atoms with E-state index >= 15 is 0 Å². The highest BCUT2D eigenvalue weighted by Crippen LogP contribution is 2.37. The van der Waals surface area contributed by atoms with Crippen LogP contribution in [0.1, 0.15) is 18.9 Å². The van der Waals surface area contributed by atoms with Crippen LogP contribution in [-0.4, -0.2) is 11.9 Å². The Balaban J connectivity index is 2.14. The standard InChI is InChI=1S/C17H17ClN2O/c1-10-8-12(6-7-14(10)18)13-4-3-5-15-17(13)19-11(2)9-16(21)20-15/h3-8,11,19H,9H2,1-2H3,(H,20,21)/t11-/m1/s1. The molecule has 0 saturated carbocycles. The molecule has 0 spiro atoms. The molecule has 0 bridgehead atoms. The quantitative estimate of drug-likeness (QED) is 0.816. The van der Waals surface area contributed by atoms with Gasteiger partial charge in [0.1, 0.15) is 0 Å². The predicted molar refractivity (Wildman–Crippen MR) is 88.0 cm³/mol. The summed E-state index contributed by atoms with van der Waals surface area (Å²) in [4.78, 5) is 11.8. The normalized spacial score (nSPS) is 17.5. The van der Waals surface area contributed by atoms with Crippen LogP contribution in [0.2, 0.25) is 5.02 Å². The third-order valence-electron chi connectivity index (χ3n) is 3.69. The summed E-state index contributed by atoms with van der Waals surface area (Å²) in [6.07, 6.45) is 0.466. The highest BCUT2D eigenvalue weighted by atomic mass is 35.5. The molecular weight excluding hydrogens is 284 g/mol. The van der Waals surface area contributed by atoms with E-state index in [0.29, 0.717) is 6.42 Å². The van der Waals surface area contributed by atoms with Gasteiger partial charge in [-0.15, -0.1) is 0 Å². The number of para-hydroxylation sites is 1. The lowest BCUT2D eigenvalue weighted by Gasteiger charge is -2.17. The van der Waals surface area contributed by atoms with Gasteiger partial charge in [-0.2, -0.15) is 0 Å². The van der Waals surface area contributed by atoms with Gasteiger partial charge in [0, 0.05) is 23.0 Å². The molecule has 1 amide bonds. The van der Waals surface area contributed by atoms with Crippen molar-refractivity contribution in [1.29, 1.82) is 0 Å². The summed E-state index contributed by atoms with van der Waals surface area (Å²) < 4.78 is 0. The van der Waals surface area contributed by atoms with Crippen molar-refractivity contribution in [3.8, 4) is 11.1 Å². The van der Waals surface area contributed by atoms with Crippen LogP contribution in [0, 0.1) is 6.92 Å². The van der Waals surface area contributed by atoms with Gasteiger partial charge >= 0.3 is 0 Å². The van der Waals surface area contributed by atoms with E-state index in [1.165, 1.54) is 0 Å². The molecule has 108 valence electrons. The Hall–Kier alpha value is -2.00. The highest BCUT2D eigenvalue weighted by molar-refractivity contribution is 6.31. The summed E-state index contributed by atoms with van der Waals surface area (Å²) in [7, 11) is 0. The molecule has 2 aromatic carbocycles. The van der Waals surface area contributed by atoms with Crippen molar-refractivity contribution in [2.24, 2.45) is 0 Å². The van der Waals surface area contributed by atoms with E-state index in [2.05, 4.69) is 22.8 Å². The van der Waals surface area contributed by atoms with Crippen LogP contribution in [0.3, 0.4) is 0 Å². The number of carbonyl (C=O) groups excluding carboxylic acids is 1. The molecule has 0 aromatic heterocycles. The Kier molecular flexibility index (Phi) is 3.60. The van der Waals surface area contributed by atoms with Crippen LogP contribution in [0.15, 0.2) is 36.4 Å². The fourth-order valence-corrected chi connectivity index (χ4v) is 2.76. The molecule has 0 radical (unpaired) electrons. The largest absolute Gasteiger partial charge is 0.380 e. The zero-order valence-electron chi connectivity index (χ0n) is 12.0. The minimum absolute atomic E-state index is 0.0400. The first-order valence-corrected chi connectivity index (χ1v) is 7.38. The van der Waals surface area contributed by atoms with Crippen molar-refractivity contribution in [3.63, 3.8) is 0 Å². The van der Waals surface area contributed by atoms with Crippen molar-refractivity contribution in [3.05, 3.63) is 47.0 Å². The lowest BCUT2D eigenvalue weighted by atomic mass is 10.0. The molecular formula is C17H17ClN2O. The zero-order valence-corrected chi connectivity index (χ0v) is 12.8. The molecule has 1 heterocycles. The van der Waals surface area contributed by atoms with Gasteiger partial charge in [0.25, 0.3) is 0 Å². The molecule has 1 aliphatic heterocycles. The lowest BCUT2D eigenvalue weighted by Crippen LogP contribution is -2.19. The van der Waals surface area contributed by atoms with E-state index in [1.54, 1.807) is 0 Å². The Labute approximate surface area is 129 Å². The number of fused-ring (bicyclic) bond motifs is 1. The summed E-state index contributed by atoms with van der Waals surface area (Å²) in [5.74, 6) is 0.0400. The number of anilines is 2. The molecule has 0 saturated heterocycles. The molecule has 21 heavy (non-hydrogen) atoms. The fourth-order valence-electron chi connectivity index (χ4n) is 2.64. The van der Waals surface area contributed by atoms with Crippen molar-refractivity contribution in [2.75, 3.05) is 10.6 Å². The first-order chi connectivity index (χ1) is 10.0. The van der Waals surface area contributed by atoms with E-state index in [4.69, 9.17) is 11.6 Å². The van der Waals surface area contributed by atoms with Gasteiger partial charge < -0.3 is 10.6 Å². The monoisotopic (exact) mass is 300 g/mol. The van der Waals surface area contributed by atoms with Crippen LogP contribution in [0.4, 0.5) is 11.4 Å². The average molecular weight is 301 g/mol. The minimum Gasteiger partial charge on any atom is -0.380 e. The lowest BCUT2D eigenvalue weighted by molar-refractivity contribution is -0.116. The molecule has 2 aromatic rings. The van der Waals surface area contributed by atoms with E-state index in [0.717, 1.165) is 33.1 Å². The molecule has 4 heteroatoms. The second-order valence-electron chi connectivity index (χ2n) is 5.49. The molecule has 1 atom stereocenters. The number of amides is 1. The number of nitrogens with one attached hydrogen (secondary N) is 2. The number of hydrogen-bond acceptors (Lipinski definition) is 2. The molecule has 0 fully saturated rings. The fraction of sp³-hybridized carbons (Fsp3) is 0.235. The van der Waals surface area contributed by atoms with Crippen LogP contribution >= 0.6 is 11.6 Å². The van der Waals surface area contributed by atoms with Crippen molar-refractivity contribution >= 4 is 28.9 Å². The van der Waals surface area contributed by atoms with Gasteiger partial charge in [-0.3, -0.25) is 4.79 Å². The topological polar surface area (TPSA) is 41.1 Å². The summed E-state index contributed by atoms with van der Waals surface area (Å²) in [5.41, 5.74) is 5.00. The zero-order chi connectivity index (χ0) is 15.0. The van der Waals surface area contributed by atoms with Crippen LogP contribution < -0.4 is 10.6 Å². The maximum absolute atomic E-state index is 11.8. The number of aryl methyl sites for hydroxylation is 1. The van der Waals surface area contributed by atoms with Crippen LogP contribution in [0.25, 0.3) is 11.1 Å². The minimum atomic E-state index is 0.0400. The van der Waals surface area contributed by atoms with E-state index < -0.39 is 0 Å². The number of benzene rings is 2. The van der Waals surface area contributed by atoms with E-state index in [-0.39, 0.29) is 11.9 Å². The van der Waals surface area contributed by atoms with Gasteiger partial charge in [-0.25, -0.2) is 0 Å². The van der Waals surface area contributed by atoms with Crippen molar-refractivity contribution in [1.82, 2.24) is 0 Å². The van der Waals surface area contributed by atoms with Gasteiger partial charge in [0.15, 0.2) is 0 Å². The maximum atomic E-state index is 11.8. The number of carbonyl (C=O) groups is 1. The van der Waals surface area contributed by atoms with Gasteiger partial charge in [0.05, 0.1) is 11.4 Å². The summed E-state index contributed by atoms with van der Waals surface area (Å²) >= 11 is 6.11. The molecule has 3 rings (SSSR count). The second-order valence-corrected chi connectivity index (χ2v) is 5.90. The molecule has 1 aliphatic rings. The van der Waals surface area contributed by atoms with Gasteiger partial charge in [0.2, 0.25) is 5.91 Å². The Bertz CT molecular complexity index is 712. The predicted octanol–water partition coefficient (Wildman–Crippen LogP) is 4.46. The smallest absolute Gasteiger partial charge is 0.226 e. The van der Waals surface area contributed by atoms with Gasteiger partial charge in [-0.05, 0) is 43.2 Å². The summed E-state index contributed by atoms with van der Waals surface area (Å²) in [6.45, 7) is 4.00.